The first-order valence-electron chi connectivity index (χ1n) is 62.3. The van der Waals surface area contributed by atoms with Crippen LogP contribution in [-0.2, 0) is 0 Å². The minimum atomic E-state index is 0.943. The van der Waals surface area contributed by atoms with Crippen molar-refractivity contribution in [2.24, 2.45) is 0 Å². The number of hydrogen-bond acceptors (Lipinski definition) is 0. The molecule has 18 fully saturated rings. The van der Waals surface area contributed by atoms with E-state index >= 15 is 0 Å². The molecule has 0 atom stereocenters. The molecule has 8 aliphatic heterocycles. The molecule has 0 aromatic carbocycles. The van der Waals surface area contributed by atoms with Crippen molar-refractivity contribution >= 4 is 0 Å². The maximum Gasteiger partial charge on any atom is 0.0890 e. The number of hydrogen-bond donors (Lipinski definition) is 0. The predicted molar refractivity (Wildman–Crippen MR) is 560 cm³/mol. The van der Waals surface area contributed by atoms with Crippen molar-refractivity contribution in [1.29, 1.82) is 0 Å². The van der Waals surface area contributed by atoms with Gasteiger partial charge in [-0.15, -0.1) is 0 Å². The van der Waals surface area contributed by atoms with Gasteiger partial charge in [-0.25, -0.2) is 0 Å². The van der Waals surface area contributed by atoms with Gasteiger partial charge >= 0.3 is 0 Å². The summed E-state index contributed by atoms with van der Waals surface area (Å²) in [5.41, 5.74) is 0. The lowest BCUT2D eigenvalue weighted by atomic mass is 9.89. The van der Waals surface area contributed by atoms with Crippen LogP contribution in [0.2, 0.25) is 0 Å². The van der Waals surface area contributed by atoms with Crippen LogP contribution in [0.5, 0.6) is 0 Å². The highest BCUT2D eigenvalue weighted by atomic mass is 15.4. The molecule has 0 N–H and O–H groups in total. The van der Waals surface area contributed by atoms with E-state index < -0.39 is 0 Å². The Morgan fingerprint density at radius 2 is 0.246 bits per heavy atom. The van der Waals surface area contributed by atoms with E-state index in [0.717, 1.165) is 60.4 Å². The zero-order valence-corrected chi connectivity index (χ0v) is 89.2. The average Bonchev–Trinajstić information content (AvgIpc) is 1.80. The first-order valence-corrected chi connectivity index (χ1v) is 62.3. The summed E-state index contributed by atoms with van der Waals surface area (Å²) in [4.78, 5) is 0. The molecule has 0 aromatic heterocycles. The molecule has 18 rings (SSSR count). The van der Waals surface area contributed by atoms with E-state index in [0.29, 0.717) is 0 Å². The summed E-state index contributed by atoms with van der Waals surface area (Å²) in [5, 5.41) is 0. The maximum absolute atomic E-state index is 2.48. The second-order valence-corrected chi connectivity index (χ2v) is 52.6. The average molecular weight is 1820 g/mol. The highest BCUT2D eigenvalue weighted by Crippen LogP contribution is 2.44. The van der Waals surface area contributed by atoms with Gasteiger partial charge in [0.1, 0.15) is 0 Å². The van der Waals surface area contributed by atoms with E-state index in [1.807, 2.05) is 0 Å². The Kier molecular flexibility index (Phi) is 44.4. The molecular weight excluding hydrogens is 1580 g/mol. The molecule has 0 bridgehead atoms. The molecule has 130 heavy (non-hydrogen) atoms. The number of rotatable bonds is 37. The highest BCUT2D eigenvalue weighted by Gasteiger charge is 2.49. The maximum atomic E-state index is 2.48. The summed E-state index contributed by atoms with van der Waals surface area (Å²) in [6.45, 7) is 39.3. The minimum absolute atomic E-state index is 0.943. The first-order chi connectivity index (χ1) is 63.7. The molecule has 8 heterocycles. The van der Waals surface area contributed by atoms with Gasteiger partial charge in [-0.05, 0) is 372 Å². The number of quaternary nitrogens is 10. The number of piperidine rings is 4. The first kappa shape index (κ1) is 105. The van der Waals surface area contributed by atoms with Crippen molar-refractivity contribution in [3.05, 3.63) is 0 Å². The van der Waals surface area contributed by atoms with Crippen molar-refractivity contribution in [2.75, 3.05) is 198 Å². The number of likely N-dealkylation sites (tertiary alicyclic amines) is 8. The summed E-state index contributed by atoms with van der Waals surface area (Å²) in [5.74, 6) is 0. The molecule has 8 saturated heterocycles. The van der Waals surface area contributed by atoms with Gasteiger partial charge in [-0.3, -0.25) is 0 Å². The van der Waals surface area contributed by atoms with Crippen molar-refractivity contribution in [2.45, 2.75) is 574 Å². The zero-order chi connectivity index (χ0) is 89.7. The van der Waals surface area contributed by atoms with Crippen LogP contribution < -0.4 is 0 Å². The molecular formula is C120H234N10+10. The Morgan fingerprint density at radius 3 is 0.408 bits per heavy atom. The van der Waals surface area contributed by atoms with Crippen molar-refractivity contribution < 1.29 is 44.8 Å². The zero-order valence-electron chi connectivity index (χ0n) is 89.2. The standard InChI is InChI=1S/C26H50N2.C25H48N2.2C24H46N2.C21H44N2/c1-5-15-25(16-6-1)27(19-9-3-10-20-27)23-13-14-24-28(21-11-4-12-22-28)26-17-7-2-8-18-26;1-4-14-24(15-5-1)26(20-10-11-21-26)18-8-3-9-19-27(22-12-13-23-27)25-16-6-2-7-17-25;1-7-17-25(18-8-1,23-13-3-4-14-23)21-11-12-22-26(19-9-2-10-20-26)24-15-5-6-16-24;1-3-13-23(14-4-1)25(17-7-8-18-25)21-11-12-22-26(19-9-10-20-26)24-15-5-2-6-16-24;1-22(2,20-14-8-5-9-15-20)18-12-7-13-19-23(3,4)21-16-10-6-11-17-21/h25-26H,1-24H2;24-25H,1-23H2;2*23-24H,1-22H2;20-21H,5-19H2,1-4H3/q5*+2. The van der Waals surface area contributed by atoms with Crippen LogP contribution in [0, 0.1) is 0 Å². The predicted octanol–water partition coefficient (Wildman–Crippen LogP) is 28.8. The largest absolute Gasteiger partial charge is 0.326 e. The van der Waals surface area contributed by atoms with Gasteiger partial charge in [0.05, 0.1) is 259 Å². The minimum Gasteiger partial charge on any atom is -0.326 e. The van der Waals surface area contributed by atoms with Gasteiger partial charge in [-0.2, -0.15) is 0 Å². The fraction of sp³-hybridized carbons (Fsp3) is 1.00. The van der Waals surface area contributed by atoms with Crippen LogP contribution in [0.1, 0.15) is 514 Å². The third kappa shape index (κ3) is 30.1. The molecule has 0 radical (unpaired) electrons. The normalized spacial score (nSPS) is 28.4. The Balaban J connectivity index is 0.000000131. The Bertz CT molecular complexity index is 2710. The lowest BCUT2D eigenvalue weighted by Crippen LogP contribution is -2.60. The molecule has 754 valence electrons. The fourth-order valence-electron chi connectivity index (χ4n) is 36.0. The van der Waals surface area contributed by atoms with Gasteiger partial charge < -0.3 is 44.8 Å². The monoisotopic (exact) mass is 1820 g/mol. The Labute approximate surface area is 812 Å². The van der Waals surface area contributed by atoms with Crippen molar-refractivity contribution in [3.63, 3.8) is 0 Å². The van der Waals surface area contributed by atoms with Gasteiger partial charge in [0.15, 0.2) is 0 Å². The van der Waals surface area contributed by atoms with Crippen LogP contribution >= 0.6 is 0 Å². The summed E-state index contributed by atoms with van der Waals surface area (Å²) in [7, 11) is 9.94. The molecule has 0 amide bonds. The molecule has 10 heteroatoms. The fourth-order valence-corrected chi connectivity index (χ4v) is 36.0. The second kappa shape index (κ2) is 54.7. The van der Waals surface area contributed by atoms with Crippen LogP contribution in [0.4, 0.5) is 0 Å². The van der Waals surface area contributed by atoms with Crippen LogP contribution in [0.25, 0.3) is 0 Å². The van der Waals surface area contributed by atoms with E-state index in [2.05, 4.69) is 28.2 Å². The Morgan fingerprint density at radius 1 is 0.131 bits per heavy atom. The van der Waals surface area contributed by atoms with Crippen LogP contribution in [0.3, 0.4) is 0 Å². The van der Waals surface area contributed by atoms with E-state index in [1.54, 1.807) is 139 Å². The van der Waals surface area contributed by atoms with E-state index in [1.165, 1.54) is 590 Å². The SMILES string of the molecule is C1CCC([N+]2(CCCCC[N+]3(C4CCCCC4)CCCC3)CCCC2)CC1.C1CCC([N+]2(CCCC[N+]3(C4CCCCC4)CCCC3)CCCC2)CC1.C1CCC([N+]2(CCCC[N+]3(C4CCCCC4)CCCCC3)CCCCC2)CC1.C1CC[N+](CCCC[N+]2(C3CCCC3)CCCCC2)(C2CCCC2)CC1.C[N+](C)(CCCCC[N+](C)(C)C1CCCCC1)C1CCCCC1. The molecule has 10 aliphatic carbocycles. The summed E-state index contributed by atoms with van der Waals surface area (Å²) >= 11 is 0. The van der Waals surface area contributed by atoms with E-state index in [4.69, 9.17) is 0 Å². The molecule has 0 unspecified atom stereocenters. The third-order valence-corrected chi connectivity index (χ3v) is 44.1. The van der Waals surface area contributed by atoms with Crippen molar-refractivity contribution in [1.82, 2.24) is 0 Å². The molecule has 10 saturated carbocycles. The van der Waals surface area contributed by atoms with Gasteiger partial charge in [0.2, 0.25) is 0 Å². The molecule has 0 aromatic rings. The molecule has 18 aliphatic rings. The third-order valence-electron chi connectivity index (χ3n) is 44.1. The summed E-state index contributed by atoms with van der Waals surface area (Å²) < 4.78 is 14.9. The second-order valence-electron chi connectivity index (χ2n) is 52.6. The lowest BCUT2D eigenvalue weighted by molar-refractivity contribution is -0.962. The van der Waals surface area contributed by atoms with Crippen molar-refractivity contribution in [3.8, 4) is 0 Å². The lowest BCUT2D eigenvalue weighted by Gasteiger charge is -2.50. The highest BCUT2D eigenvalue weighted by molar-refractivity contribution is 4.81. The summed E-state index contributed by atoms with van der Waals surface area (Å²) in [6, 6.07) is 10.2. The van der Waals surface area contributed by atoms with Gasteiger partial charge in [0.25, 0.3) is 0 Å². The quantitative estimate of drug-likeness (QED) is 0.0430. The van der Waals surface area contributed by atoms with Gasteiger partial charge in [-0.1, -0.05) is 51.4 Å². The van der Waals surface area contributed by atoms with Gasteiger partial charge in [0, 0.05) is 89.9 Å². The van der Waals surface area contributed by atoms with Crippen LogP contribution in [0.15, 0.2) is 0 Å². The number of nitrogens with zero attached hydrogens (tertiary/aromatic N) is 10. The molecule has 0 spiro atoms. The number of unbranched alkanes of at least 4 members (excludes halogenated alkanes) is 7. The van der Waals surface area contributed by atoms with E-state index in [9.17, 15) is 0 Å². The van der Waals surface area contributed by atoms with E-state index in [-0.39, 0.29) is 0 Å². The van der Waals surface area contributed by atoms with Crippen LogP contribution in [-0.4, -0.2) is 304 Å². The molecule has 10 nitrogen and oxygen atoms in total. The topological polar surface area (TPSA) is 0 Å². The Hall–Kier alpha value is -0.400. The smallest absolute Gasteiger partial charge is 0.0890 e. The summed E-state index contributed by atoms with van der Waals surface area (Å²) in [6.07, 6.45) is 121.